The van der Waals surface area contributed by atoms with E-state index in [-0.39, 0.29) is 11.7 Å². The van der Waals surface area contributed by atoms with Crippen LogP contribution in [0.5, 0.6) is 5.75 Å². The minimum absolute atomic E-state index is 0.0134. The van der Waals surface area contributed by atoms with Crippen LogP contribution in [-0.2, 0) is 13.1 Å². The Hall–Kier alpha value is -3.29. The van der Waals surface area contributed by atoms with Gasteiger partial charge in [-0.15, -0.1) is 0 Å². The molecule has 0 unspecified atom stereocenters. The van der Waals surface area contributed by atoms with Gasteiger partial charge >= 0.3 is 6.61 Å². The van der Waals surface area contributed by atoms with Gasteiger partial charge in [-0.3, -0.25) is 4.79 Å². The number of hydrogen-bond donors (Lipinski definition) is 1. The summed E-state index contributed by atoms with van der Waals surface area (Å²) in [7, 11) is 0. The van der Waals surface area contributed by atoms with Crippen LogP contribution in [0.25, 0.3) is 0 Å². The second kappa shape index (κ2) is 8.19. The van der Waals surface area contributed by atoms with Gasteiger partial charge in [-0.2, -0.15) is 13.9 Å². The fourth-order valence-electron chi connectivity index (χ4n) is 2.34. The molecular formula is C18H16F2N4O2. The summed E-state index contributed by atoms with van der Waals surface area (Å²) in [5.74, 6) is -0.278. The summed E-state index contributed by atoms with van der Waals surface area (Å²) in [5.41, 5.74) is 2.38. The Morgan fingerprint density at radius 1 is 1.08 bits per heavy atom. The normalized spacial score (nSPS) is 10.7. The molecule has 1 heterocycles. The van der Waals surface area contributed by atoms with E-state index in [9.17, 15) is 13.6 Å². The molecule has 134 valence electrons. The molecule has 26 heavy (non-hydrogen) atoms. The standard InChI is InChI=1S/C18H16F2N4O2/c19-18(20)26-16-7-5-15(6-8-16)17(25)22-9-13-1-3-14(4-2-13)10-24-12-21-11-23-24/h1-8,11-12,18H,9-10H2,(H,22,25). The Bertz CT molecular complexity index is 835. The molecule has 0 fully saturated rings. The van der Waals surface area contributed by atoms with Crippen LogP contribution in [0, 0.1) is 0 Å². The van der Waals surface area contributed by atoms with Crippen molar-refractivity contribution in [3.05, 3.63) is 77.9 Å². The molecule has 2 aromatic carbocycles. The van der Waals surface area contributed by atoms with Gasteiger partial charge in [0.05, 0.1) is 6.54 Å². The predicted molar refractivity (Wildman–Crippen MR) is 89.8 cm³/mol. The fourth-order valence-corrected chi connectivity index (χ4v) is 2.34. The average Bonchev–Trinajstić information content (AvgIpc) is 3.14. The zero-order chi connectivity index (χ0) is 18.4. The molecule has 3 aromatic rings. The topological polar surface area (TPSA) is 69.0 Å². The van der Waals surface area contributed by atoms with Gasteiger partial charge < -0.3 is 10.1 Å². The summed E-state index contributed by atoms with van der Waals surface area (Å²) in [6, 6.07) is 13.3. The van der Waals surface area contributed by atoms with E-state index in [1.54, 1.807) is 11.0 Å². The van der Waals surface area contributed by atoms with Crippen molar-refractivity contribution in [3.8, 4) is 5.75 Å². The molecule has 0 saturated carbocycles. The summed E-state index contributed by atoms with van der Waals surface area (Å²) < 4.78 is 30.2. The molecule has 0 bridgehead atoms. The van der Waals surface area contributed by atoms with Crippen LogP contribution in [0.15, 0.2) is 61.2 Å². The molecule has 0 radical (unpaired) electrons. The van der Waals surface area contributed by atoms with Crippen LogP contribution in [0.2, 0.25) is 0 Å². The van der Waals surface area contributed by atoms with Crippen molar-refractivity contribution in [2.45, 2.75) is 19.7 Å². The number of nitrogens with one attached hydrogen (secondary N) is 1. The number of carbonyl (C=O) groups is 1. The van der Waals surface area contributed by atoms with Crippen LogP contribution in [0.4, 0.5) is 8.78 Å². The van der Waals surface area contributed by atoms with Crippen molar-refractivity contribution in [2.75, 3.05) is 0 Å². The fraction of sp³-hybridized carbons (Fsp3) is 0.167. The van der Waals surface area contributed by atoms with Crippen molar-refractivity contribution in [3.63, 3.8) is 0 Å². The first-order valence-electron chi connectivity index (χ1n) is 7.83. The van der Waals surface area contributed by atoms with Crippen molar-refractivity contribution >= 4 is 5.91 Å². The number of ether oxygens (including phenoxy) is 1. The first kappa shape index (κ1) is 17.5. The number of amides is 1. The summed E-state index contributed by atoms with van der Waals surface area (Å²) in [6.07, 6.45) is 3.13. The van der Waals surface area contributed by atoms with E-state index in [0.717, 1.165) is 11.1 Å². The van der Waals surface area contributed by atoms with Crippen molar-refractivity contribution < 1.29 is 18.3 Å². The van der Waals surface area contributed by atoms with E-state index in [1.807, 2.05) is 24.3 Å². The first-order chi connectivity index (χ1) is 12.6. The summed E-state index contributed by atoms with van der Waals surface area (Å²) >= 11 is 0. The Morgan fingerprint density at radius 2 is 1.77 bits per heavy atom. The number of rotatable bonds is 7. The minimum atomic E-state index is -2.89. The minimum Gasteiger partial charge on any atom is -0.435 e. The summed E-state index contributed by atoms with van der Waals surface area (Å²) in [4.78, 5) is 16.0. The molecule has 6 nitrogen and oxygen atoms in total. The van der Waals surface area contributed by atoms with Gasteiger partial charge in [0.2, 0.25) is 0 Å². The molecule has 3 rings (SSSR count). The number of alkyl halides is 2. The van der Waals surface area contributed by atoms with Crippen molar-refractivity contribution in [1.29, 1.82) is 0 Å². The maximum atomic E-state index is 12.1. The zero-order valence-electron chi connectivity index (χ0n) is 13.7. The van der Waals surface area contributed by atoms with E-state index in [1.165, 1.54) is 30.6 Å². The number of halogens is 2. The second-order valence-electron chi connectivity index (χ2n) is 5.50. The van der Waals surface area contributed by atoms with Gasteiger partial charge in [0.15, 0.2) is 0 Å². The molecular weight excluding hydrogens is 342 g/mol. The Kier molecular flexibility index (Phi) is 5.52. The summed E-state index contributed by atoms with van der Waals surface area (Å²) in [6.45, 7) is -1.90. The molecule has 0 spiro atoms. The third kappa shape index (κ3) is 4.85. The van der Waals surface area contributed by atoms with Crippen LogP contribution < -0.4 is 10.1 Å². The molecule has 0 atom stereocenters. The Morgan fingerprint density at radius 3 is 2.38 bits per heavy atom. The van der Waals surface area contributed by atoms with Crippen LogP contribution >= 0.6 is 0 Å². The Balaban J connectivity index is 1.52. The summed E-state index contributed by atoms with van der Waals surface area (Å²) in [5, 5.41) is 6.83. The lowest BCUT2D eigenvalue weighted by Crippen LogP contribution is -2.22. The number of carbonyl (C=O) groups excluding carboxylic acids is 1. The molecule has 1 aromatic heterocycles. The molecule has 0 saturated heterocycles. The van der Waals surface area contributed by atoms with Crippen molar-refractivity contribution in [1.82, 2.24) is 20.1 Å². The first-order valence-corrected chi connectivity index (χ1v) is 7.83. The lowest BCUT2D eigenvalue weighted by molar-refractivity contribution is -0.0498. The highest BCUT2D eigenvalue weighted by molar-refractivity contribution is 5.94. The predicted octanol–water partition coefficient (Wildman–Crippen LogP) is 2.86. The lowest BCUT2D eigenvalue weighted by atomic mass is 10.1. The second-order valence-corrected chi connectivity index (χ2v) is 5.50. The smallest absolute Gasteiger partial charge is 0.387 e. The quantitative estimate of drug-likeness (QED) is 0.705. The van der Waals surface area contributed by atoms with Gasteiger partial charge in [-0.1, -0.05) is 24.3 Å². The molecule has 0 aliphatic carbocycles. The largest absolute Gasteiger partial charge is 0.435 e. The van der Waals surface area contributed by atoms with E-state index in [4.69, 9.17) is 0 Å². The number of nitrogens with zero attached hydrogens (tertiary/aromatic N) is 3. The highest BCUT2D eigenvalue weighted by atomic mass is 19.3. The van der Waals surface area contributed by atoms with Gasteiger partial charge in [0, 0.05) is 12.1 Å². The maximum Gasteiger partial charge on any atom is 0.387 e. The number of benzene rings is 2. The molecule has 1 N–H and O–H groups in total. The zero-order valence-corrected chi connectivity index (χ0v) is 13.7. The van der Waals surface area contributed by atoms with Crippen molar-refractivity contribution in [2.24, 2.45) is 0 Å². The SMILES string of the molecule is O=C(NCc1ccc(Cn2cncn2)cc1)c1ccc(OC(F)F)cc1. The van der Waals surface area contributed by atoms with E-state index >= 15 is 0 Å². The third-order valence-corrected chi connectivity index (χ3v) is 3.63. The van der Waals surface area contributed by atoms with Gasteiger partial charge in [0.25, 0.3) is 5.91 Å². The van der Waals surface area contributed by atoms with Crippen LogP contribution in [-0.4, -0.2) is 27.3 Å². The monoisotopic (exact) mass is 358 g/mol. The lowest BCUT2D eigenvalue weighted by Gasteiger charge is -2.08. The third-order valence-electron chi connectivity index (χ3n) is 3.63. The van der Waals surface area contributed by atoms with E-state index < -0.39 is 6.61 Å². The number of hydrogen-bond acceptors (Lipinski definition) is 4. The molecule has 8 heteroatoms. The highest BCUT2D eigenvalue weighted by Gasteiger charge is 2.08. The average molecular weight is 358 g/mol. The van der Waals surface area contributed by atoms with Crippen LogP contribution in [0.3, 0.4) is 0 Å². The van der Waals surface area contributed by atoms with E-state index in [0.29, 0.717) is 18.7 Å². The van der Waals surface area contributed by atoms with Gasteiger partial charge in [-0.05, 0) is 35.4 Å². The Labute approximate surface area is 148 Å². The maximum absolute atomic E-state index is 12.1. The molecule has 1 amide bonds. The van der Waals surface area contributed by atoms with E-state index in [2.05, 4.69) is 20.1 Å². The number of aromatic nitrogens is 3. The van der Waals surface area contributed by atoms with Crippen LogP contribution in [0.1, 0.15) is 21.5 Å². The van der Waals surface area contributed by atoms with Gasteiger partial charge in [-0.25, -0.2) is 9.67 Å². The molecule has 0 aliphatic rings. The highest BCUT2D eigenvalue weighted by Crippen LogP contribution is 2.15. The van der Waals surface area contributed by atoms with Gasteiger partial charge in [0.1, 0.15) is 18.4 Å². The molecule has 0 aliphatic heterocycles.